The Kier molecular flexibility index (Phi) is 3.22. The van der Waals surface area contributed by atoms with Crippen molar-refractivity contribution < 1.29 is 9.53 Å². The van der Waals surface area contributed by atoms with Crippen LogP contribution < -0.4 is 0 Å². The van der Waals surface area contributed by atoms with Gasteiger partial charge in [0.1, 0.15) is 0 Å². The van der Waals surface area contributed by atoms with Gasteiger partial charge in [0, 0.05) is 4.88 Å². The van der Waals surface area contributed by atoms with Crippen LogP contribution in [0.25, 0.3) is 0 Å². The molecule has 4 heteroatoms. The average Bonchev–Trinajstić information content (AvgIpc) is 2.51. The number of methoxy groups -OCH3 is 1. The van der Waals surface area contributed by atoms with Crippen molar-refractivity contribution in [2.45, 2.75) is 19.8 Å². The molecule has 0 atom stereocenters. The van der Waals surface area contributed by atoms with Crippen LogP contribution in [0.15, 0.2) is 5.51 Å². The Balaban J connectivity index is 2.68. The summed E-state index contributed by atoms with van der Waals surface area (Å²) in [5, 5.41) is 0. The lowest BCUT2D eigenvalue weighted by Gasteiger charge is -1.97. The Hall–Kier alpha value is -0.900. The predicted molar refractivity (Wildman–Crippen MR) is 47.2 cm³/mol. The van der Waals surface area contributed by atoms with Crippen molar-refractivity contribution in [2.75, 3.05) is 7.11 Å². The number of carbonyl (C=O) groups is 1. The van der Waals surface area contributed by atoms with Crippen molar-refractivity contribution in [3.05, 3.63) is 16.1 Å². The Morgan fingerprint density at radius 3 is 3.08 bits per heavy atom. The minimum absolute atomic E-state index is 0.226. The fourth-order valence-electron chi connectivity index (χ4n) is 0.934. The topological polar surface area (TPSA) is 39.2 Å². The van der Waals surface area contributed by atoms with Crippen LogP contribution in [0.1, 0.15) is 17.5 Å². The van der Waals surface area contributed by atoms with Gasteiger partial charge in [0.15, 0.2) is 0 Å². The van der Waals surface area contributed by atoms with Gasteiger partial charge in [-0.25, -0.2) is 4.98 Å². The molecule has 12 heavy (non-hydrogen) atoms. The lowest BCUT2D eigenvalue weighted by molar-refractivity contribution is -0.139. The van der Waals surface area contributed by atoms with E-state index in [4.69, 9.17) is 0 Å². The fraction of sp³-hybridized carbons (Fsp3) is 0.500. The first-order chi connectivity index (χ1) is 5.77. The number of ether oxygens (including phenoxy) is 1. The SMILES string of the molecule is CCc1scnc1CC(=O)OC. The van der Waals surface area contributed by atoms with Crippen LogP contribution in [0.3, 0.4) is 0 Å². The normalized spacial score (nSPS) is 9.83. The molecule has 1 heterocycles. The van der Waals surface area contributed by atoms with E-state index in [1.54, 1.807) is 16.8 Å². The Morgan fingerprint density at radius 1 is 1.75 bits per heavy atom. The lowest BCUT2D eigenvalue weighted by Crippen LogP contribution is -2.06. The highest BCUT2D eigenvalue weighted by Gasteiger charge is 2.09. The number of aryl methyl sites for hydroxylation is 1. The average molecular weight is 185 g/mol. The summed E-state index contributed by atoms with van der Waals surface area (Å²) in [6.45, 7) is 2.05. The highest BCUT2D eigenvalue weighted by Crippen LogP contribution is 2.14. The molecule has 1 rings (SSSR count). The highest BCUT2D eigenvalue weighted by molar-refractivity contribution is 7.09. The maximum absolute atomic E-state index is 10.9. The summed E-state index contributed by atoms with van der Waals surface area (Å²) in [6, 6.07) is 0. The molecule has 0 radical (unpaired) electrons. The first-order valence-electron chi connectivity index (χ1n) is 3.76. The minimum atomic E-state index is -0.226. The second kappa shape index (κ2) is 4.21. The molecule has 1 aromatic rings. The Morgan fingerprint density at radius 2 is 2.50 bits per heavy atom. The lowest BCUT2D eigenvalue weighted by atomic mass is 10.2. The van der Waals surface area contributed by atoms with E-state index < -0.39 is 0 Å². The van der Waals surface area contributed by atoms with Gasteiger partial charge in [-0.2, -0.15) is 0 Å². The van der Waals surface area contributed by atoms with E-state index in [1.807, 2.05) is 6.92 Å². The molecule has 66 valence electrons. The van der Waals surface area contributed by atoms with Crippen LogP contribution in [0, 0.1) is 0 Å². The third-order valence-electron chi connectivity index (χ3n) is 1.59. The predicted octanol–water partition coefficient (Wildman–Crippen LogP) is 1.42. The van der Waals surface area contributed by atoms with Gasteiger partial charge in [-0.1, -0.05) is 6.92 Å². The first kappa shape index (κ1) is 9.19. The molecule has 0 N–H and O–H groups in total. The van der Waals surface area contributed by atoms with E-state index in [0.717, 1.165) is 12.1 Å². The molecule has 0 spiro atoms. The van der Waals surface area contributed by atoms with Crippen molar-refractivity contribution >= 4 is 17.3 Å². The first-order valence-corrected chi connectivity index (χ1v) is 4.64. The molecule has 0 saturated heterocycles. The third kappa shape index (κ3) is 2.04. The van der Waals surface area contributed by atoms with Gasteiger partial charge in [-0.05, 0) is 6.42 Å². The van der Waals surface area contributed by atoms with E-state index in [0.29, 0.717) is 6.42 Å². The quantitative estimate of drug-likeness (QED) is 0.668. The van der Waals surface area contributed by atoms with Gasteiger partial charge < -0.3 is 4.74 Å². The largest absolute Gasteiger partial charge is 0.469 e. The van der Waals surface area contributed by atoms with Gasteiger partial charge in [0.05, 0.1) is 24.7 Å². The zero-order valence-electron chi connectivity index (χ0n) is 7.16. The second-order valence-electron chi connectivity index (χ2n) is 2.33. The zero-order valence-corrected chi connectivity index (χ0v) is 7.98. The molecule has 0 saturated carbocycles. The summed E-state index contributed by atoms with van der Waals surface area (Å²) in [5.41, 5.74) is 2.62. The van der Waals surface area contributed by atoms with Crippen molar-refractivity contribution in [3.63, 3.8) is 0 Å². The Bertz CT molecular complexity index is 270. The molecule has 1 aromatic heterocycles. The van der Waals surface area contributed by atoms with Crippen LogP contribution in [0.2, 0.25) is 0 Å². The van der Waals surface area contributed by atoms with E-state index in [1.165, 1.54) is 12.0 Å². The monoisotopic (exact) mass is 185 g/mol. The summed E-state index contributed by atoms with van der Waals surface area (Å²) in [6.07, 6.45) is 1.22. The summed E-state index contributed by atoms with van der Waals surface area (Å²) in [7, 11) is 1.39. The molecular formula is C8H11NO2S. The van der Waals surface area contributed by atoms with E-state index in [9.17, 15) is 4.79 Å². The standard InChI is InChI=1S/C8H11NO2S/c1-3-7-6(9-5-12-7)4-8(10)11-2/h5H,3-4H2,1-2H3. The zero-order chi connectivity index (χ0) is 8.97. The van der Waals surface area contributed by atoms with Crippen LogP contribution >= 0.6 is 11.3 Å². The number of aromatic nitrogens is 1. The minimum Gasteiger partial charge on any atom is -0.469 e. The van der Waals surface area contributed by atoms with E-state index >= 15 is 0 Å². The number of hydrogen-bond acceptors (Lipinski definition) is 4. The van der Waals surface area contributed by atoms with Crippen LogP contribution in [-0.4, -0.2) is 18.1 Å². The Labute approximate surface area is 75.4 Å². The molecule has 0 aliphatic heterocycles. The number of thiazole rings is 1. The number of rotatable bonds is 3. The van der Waals surface area contributed by atoms with Gasteiger partial charge in [0.25, 0.3) is 0 Å². The molecule has 0 aromatic carbocycles. The van der Waals surface area contributed by atoms with Gasteiger partial charge in [-0.15, -0.1) is 11.3 Å². The van der Waals surface area contributed by atoms with Crippen LogP contribution in [0.4, 0.5) is 0 Å². The summed E-state index contributed by atoms with van der Waals surface area (Å²) in [4.78, 5) is 16.1. The summed E-state index contributed by atoms with van der Waals surface area (Å²) >= 11 is 1.58. The van der Waals surface area contributed by atoms with Crippen molar-refractivity contribution in [3.8, 4) is 0 Å². The molecule has 0 amide bonds. The maximum atomic E-state index is 10.9. The molecule has 0 bridgehead atoms. The molecule has 0 aliphatic carbocycles. The number of esters is 1. The van der Waals surface area contributed by atoms with Crippen molar-refractivity contribution in [1.29, 1.82) is 0 Å². The fourth-order valence-corrected chi connectivity index (χ4v) is 1.67. The molecular weight excluding hydrogens is 174 g/mol. The summed E-state index contributed by atoms with van der Waals surface area (Å²) < 4.78 is 4.55. The molecule has 0 aliphatic rings. The van der Waals surface area contributed by atoms with Gasteiger partial charge in [0.2, 0.25) is 0 Å². The number of carbonyl (C=O) groups excluding carboxylic acids is 1. The van der Waals surface area contributed by atoms with E-state index in [-0.39, 0.29) is 5.97 Å². The molecule has 3 nitrogen and oxygen atoms in total. The second-order valence-corrected chi connectivity index (χ2v) is 3.27. The van der Waals surface area contributed by atoms with Gasteiger partial charge in [-0.3, -0.25) is 4.79 Å². The molecule has 0 unspecified atom stereocenters. The highest BCUT2D eigenvalue weighted by atomic mass is 32.1. The number of nitrogens with zero attached hydrogens (tertiary/aromatic N) is 1. The van der Waals surface area contributed by atoms with Crippen LogP contribution in [0.5, 0.6) is 0 Å². The van der Waals surface area contributed by atoms with Crippen LogP contribution in [-0.2, 0) is 22.4 Å². The maximum Gasteiger partial charge on any atom is 0.311 e. The summed E-state index contributed by atoms with van der Waals surface area (Å²) in [5.74, 6) is -0.226. The number of hydrogen-bond donors (Lipinski definition) is 0. The van der Waals surface area contributed by atoms with Crippen molar-refractivity contribution in [2.24, 2.45) is 0 Å². The third-order valence-corrected chi connectivity index (χ3v) is 2.61. The molecule has 0 fully saturated rings. The van der Waals surface area contributed by atoms with E-state index in [2.05, 4.69) is 9.72 Å². The smallest absolute Gasteiger partial charge is 0.311 e. The van der Waals surface area contributed by atoms with Gasteiger partial charge >= 0.3 is 5.97 Å². The van der Waals surface area contributed by atoms with Crippen molar-refractivity contribution in [1.82, 2.24) is 4.98 Å².